The fraction of sp³-hybridized carbons (Fsp3) is 0.280. The summed E-state index contributed by atoms with van der Waals surface area (Å²) in [6, 6.07) is 18.1. The number of hydrogen-bond acceptors (Lipinski definition) is 2. The van der Waals surface area contributed by atoms with Crippen molar-refractivity contribution in [2.45, 2.75) is 46.5 Å². The van der Waals surface area contributed by atoms with Gasteiger partial charge in [-0.1, -0.05) is 55.8 Å². The monoisotopic (exact) mass is 404 g/mol. The molecule has 148 valence electrons. The lowest BCUT2D eigenvalue weighted by atomic mass is 9.93. The Morgan fingerprint density at radius 2 is 1.72 bits per heavy atom. The van der Waals surface area contributed by atoms with E-state index >= 15 is 0 Å². The third-order valence-corrected chi connectivity index (χ3v) is 5.99. The Labute approximate surface area is 177 Å². The largest absolute Gasteiger partial charge is 0.617 e. The van der Waals surface area contributed by atoms with Gasteiger partial charge in [-0.25, -0.2) is 0 Å². The number of nitriles is 1. The third kappa shape index (κ3) is 4.28. The van der Waals surface area contributed by atoms with E-state index in [-0.39, 0.29) is 5.15 Å². The highest BCUT2D eigenvalue weighted by molar-refractivity contribution is 6.29. The van der Waals surface area contributed by atoms with E-state index in [1.165, 1.54) is 0 Å². The van der Waals surface area contributed by atoms with E-state index in [0.717, 1.165) is 63.1 Å². The average molecular weight is 405 g/mol. The molecule has 0 aliphatic heterocycles. The topological polar surface area (TPSA) is 50.7 Å². The maximum atomic E-state index is 12.7. The number of halogens is 1. The molecular weight excluding hydrogens is 380 g/mol. The molecule has 3 rings (SSSR count). The highest BCUT2D eigenvalue weighted by atomic mass is 35.5. The average Bonchev–Trinajstić information content (AvgIpc) is 2.76. The van der Waals surface area contributed by atoms with E-state index in [2.05, 4.69) is 25.1 Å². The molecule has 0 fully saturated rings. The summed E-state index contributed by atoms with van der Waals surface area (Å²) in [6.07, 6.45) is 3.39. The first-order valence-electron chi connectivity index (χ1n) is 9.96. The predicted molar refractivity (Wildman–Crippen MR) is 118 cm³/mol. The molecule has 0 bridgehead atoms. The fourth-order valence-corrected chi connectivity index (χ4v) is 3.90. The number of benzene rings is 2. The predicted octanol–water partition coefficient (Wildman–Crippen LogP) is 6.06. The number of rotatable bonds is 6. The van der Waals surface area contributed by atoms with Crippen molar-refractivity contribution < 1.29 is 4.73 Å². The SMILES string of the molecule is CCCCc1c(Cc2ccc(-c3ccccc3C#N)cc2)c(C)c(C)c(Cl)[n+]1[O-]. The van der Waals surface area contributed by atoms with Crippen molar-refractivity contribution in [3.05, 3.63) is 92.4 Å². The molecule has 3 aromatic rings. The summed E-state index contributed by atoms with van der Waals surface area (Å²) >= 11 is 6.28. The summed E-state index contributed by atoms with van der Waals surface area (Å²) in [5.41, 5.74) is 7.52. The van der Waals surface area contributed by atoms with Crippen molar-refractivity contribution in [1.82, 2.24) is 0 Å². The van der Waals surface area contributed by atoms with Gasteiger partial charge < -0.3 is 5.21 Å². The van der Waals surface area contributed by atoms with Crippen LogP contribution in [0.25, 0.3) is 11.1 Å². The summed E-state index contributed by atoms with van der Waals surface area (Å²) in [6.45, 7) is 6.07. The van der Waals surface area contributed by atoms with Crippen LogP contribution in [-0.4, -0.2) is 0 Å². The van der Waals surface area contributed by atoms with E-state index in [0.29, 0.717) is 12.0 Å². The Bertz CT molecular complexity index is 1070. The zero-order chi connectivity index (χ0) is 21.0. The van der Waals surface area contributed by atoms with Gasteiger partial charge in [0.15, 0.2) is 5.69 Å². The summed E-state index contributed by atoms with van der Waals surface area (Å²) in [7, 11) is 0. The van der Waals surface area contributed by atoms with Crippen molar-refractivity contribution in [3.8, 4) is 17.2 Å². The van der Waals surface area contributed by atoms with E-state index in [1.807, 2.05) is 50.2 Å². The van der Waals surface area contributed by atoms with Crippen LogP contribution in [0.4, 0.5) is 0 Å². The molecule has 29 heavy (non-hydrogen) atoms. The van der Waals surface area contributed by atoms with Crippen molar-refractivity contribution >= 4 is 11.6 Å². The molecule has 0 aliphatic carbocycles. The summed E-state index contributed by atoms with van der Waals surface area (Å²) < 4.78 is 0.909. The molecular formula is C25H25ClN2O. The molecule has 1 heterocycles. The number of pyridine rings is 1. The Kier molecular flexibility index (Phi) is 6.56. The zero-order valence-corrected chi connectivity index (χ0v) is 17.9. The van der Waals surface area contributed by atoms with Gasteiger partial charge in [0.1, 0.15) is 0 Å². The number of aromatic nitrogens is 1. The van der Waals surface area contributed by atoms with Crippen LogP contribution >= 0.6 is 11.6 Å². The summed E-state index contributed by atoms with van der Waals surface area (Å²) in [4.78, 5) is 0. The van der Waals surface area contributed by atoms with Crippen molar-refractivity contribution in [3.63, 3.8) is 0 Å². The van der Waals surface area contributed by atoms with Crippen LogP contribution < -0.4 is 4.73 Å². The van der Waals surface area contributed by atoms with Gasteiger partial charge in [0.2, 0.25) is 0 Å². The van der Waals surface area contributed by atoms with Crippen molar-refractivity contribution in [2.24, 2.45) is 0 Å². The molecule has 0 radical (unpaired) electrons. The first-order chi connectivity index (χ1) is 14.0. The molecule has 0 saturated carbocycles. The van der Waals surface area contributed by atoms with Crippen molar-refractivity contribution in [2.75, 3.05) is 0 Å². The maximum absolute atomic E-state index is 12.7. The van der Waals surface area contributed by atoms with Crippen LogP contribution in [0.2, 0.25) is 5.15 Å². The zero-order valence-electron chi connectivity index (χ0n) is 17.1. The maximum Gasteiger partial charge on any atom is 0.289 e. The van der Waals surface area contributed by atoms with Gasteiger partial charge in [-0.3, -0.25) is 0 Å². The number of hydrogen-bond donors (Lipinski definition) is 0. The van der Waals surface area contributed by atoms with Crippen molar-refractivity contribution in [1.29, 1.82) is 5.26 Å². The van der Waals surface area contributed by atoms with Crippen LogP contribution in [0.1, 0.15) is 53.3 Å². The van der Waals surface area contributed by atoms with Crippen LogP contribution in [0, 0.1) is 30.4 Å². The van der Waals surface area contributed by atoms with E-state index in [4.69, 9.17) is 11.6 Å². The molecule has 1 aromatic heterocycles. The molecule has 0 amide bonds. The minimum absolute atomic E-state index is 0.279. The van der Waals surface area contributed by atoms with Crippen LogP contribution in [0.5, 0.6) is 0 Å². The minimum Gasteiger partial charge on any atom is -0.617 e. The molecule has 0 atom stereocenters. The lowest BCUT2D eigenvalue weighted by Crippen LogP contribution is -2.36. The molecule has 3 nitrogen and oxygen atoms in total. The summed E-state index contributed by atoms with van der Waals surface area (Å²) in [5.74, 6) is 0. The molecule has 0 spiro atoms. The number of nitrogens with zero attached hydrogens (tertiary/aromatic N) is 2. The molecule has 0 unspecified atom stereocenters. The van der Waals surface area contributed by atoms with Gasteiger partial charge in [0.25, 0.3) is 5.15 Å². The molecule has 0 aliphatic rings. The van der Waals surface area contributed by atoms with E-state index < -0.39 is 0 Å². The molecule has 0 N–H and O–H groups in total. The number of unbranched alkanes of at least 4 members (excludes halogenated alkanes) is 1. The second-order valence-electron chi connectivity index (χ2n) is 7.40. The standard InChI is InChI=1S/C25H25ClN2O/c1-4-5-10-24-23(17(2)18(3)25(26)28(24)29)15-19-11-13-20(14-12-19)22-9-7-6-8-21(22)16-27/h6-9,11-14H,4-5,10,15H2,1-3H3. The van der Waals surface area contributed by atoms with Crippen LogP contribution in [0.15, 0.2) is 48.5 Å². The Morgan fingerprint density at radius 3 is 2.38 bits per heavy atom. The van der Waals surface area contributed by atoms with Gasteiger partial charge in [0.05, 0.1) is 11.6 Å². The van der Waals surface area contributed by atoms with Gasteiger partial charge in [-0.15, -0.1) is 0 Å². The van der Waals surface area contributed by atoms with E-state index in [9.17, 15) is 10.5 Å². The summed E-state index contributed by atoms with van der Waals surface area (Å²) in [5, 5.41) is 22.3. The molecule has 0 saturated heterocycles. The lowest BCUT2D eigenvalue weighted by Gasteiger charge is -2.17. The van der Waals surface area contributed by atoms with Gasteiger partial charge in [-0.2, -0.15) is 9.99 Å². The smallest absolute Gasteiger partial charge is 0.289 e. The fourth-order valence-electron chi connectivity index (χ4n) is 3.66. The second kappa shape index (κ2) is 9.11. The highest BCUT2D eigenvalue weighted by Gasteiger charge is 2.22. The molecule has 4 heteroatoms. The Balaban J connectivity index is 1.97. The minimum atomic E-state index is 0.279. The van der Waals surface area contributed by atoms with Gasteiger partial charge in [-0.05, 0) is 60.2 Å². The quantitative estimate of drug-likeness (QED) is 0.284. The highest BCUT2D eigenvalue weighted by Crippen LogP contribution is 2.27. The van der Waals surface area contributed by atoms with Gasteiger partial charge >= 0.3 is 0 Å². The normalized spacial score (nSPS) is 10.7. The Morgan fingerprint density at radius 1 is 1.03 bits per heavy atom. The van der Waals surface area contributed by atoms with Gasteiger partial charge in [0, 0.05) is 24.0 Å². The first kappa shape index (κ1) is 20.9. The third-order valence-electron chi connectivity index (χ3n) is 5.56. The van der Waals surface area contributed by atoms with E-state index in [1.54, 1.807) is 0 Å². The molecule has 2 aromatic carbocycles. The Hall–Kier alpha value is -2.83. The second-order valence-corrected chi connectivity index (χ2v) is 7.75. The van der Waals surface area contributed by atoms with Crippen LogP contribution in [-0.2, 0) is 12.8 Å². The van der Waals surface area contributed by atoms with Crippen LogP contribution in [0.3, 0.4) is 0 Å². The first-order valence-corrected chi connectivity index (χ1v) is 10.3. The lowest BCUT2D eigenvalue weighted by molar-refractivity contribution is -0.612.